The highest BCUT2D eigenvalue weighted by molar-refractivity contribution is 6.00. The monoisotopic (exact) mass is 699 g/mol. The zero-order chi connectivity index (χ0) is 37.1. The first-order valence-electron chi connectivity index (χ1n) is 18.0. The summed E-state index contributed by atoms with van der Waals surface area (Å²) in [5.74, 6) is -3.69. The molecule has 0 bridgehead atoms. The van der Waals surface area contributed by atoms with Gasteiger partial charge in [-0.25, -0.2) is 0 Å². The molecule has 3 aliphatic rings. The molecule has 0 aromatic rings. The number of ketones is 1. The number of carbonyl (C=O) groups excluding carboxylic acids is 3. The highest BCUT2D eigenvalue weighted by Gasteiger charge is 2.55. The first-order chi connectivity index (χ1) is 22.7. The lowest BCUT2D eigenvalue weighted by atomic mass is 9.78. The van der Waals surface area contributed by atoms with Crippen LogP contribution in [0.2, 0.25) is 0 Å². The van der Waals surface area contributed by atoms with Gasteiger partial charge >= 0.3 is 11.9 Å². The third kappa shape index (κ3) is 10.0. The summed E-state index contributed by atoms with van der Waals surface area (Å²) in [6.07, 6.45) is -2.61. The number of cyclic esters (lactones) is 1. The summed E-state index contributed by atoms with van der Waals surface area (Å²) in [4.78, 5) is 42.4. The Labute approximate surface area is 293 Å². The van der Waals surface area contributed by atoms with Gasteiger partial charge in [-0.05, 0) is 87.4 Å². The summed E-state index contributed by atoms with van der Waals surface area (Å²) >= 11 is 0. The average Bonchev–Trinajstić information content (AvgIpc) is 3.34. The van der Waals surface area contributed by atoms with Gasteiger partial charge in [-0.1, -0.05) is 20.8 Å². The predicted molar refractivity (Wildman–Crippen MR) is 184 cm³/mol. The first-order valence-corrected chi connectivity index (χ1v) is 18.0. The van der Waals surface area contributed by atoms with Crippen molar-refractivity contribution in [1.82, 2.24) is 15.5 Å². The van der Waals surface area contributed by atoms with E-state index in [1.54, 1.807) is 27.9 Å². The van der Waals surface area contributed by atoms with Gasteiger partial charge < -0.3 is 49.4 Å². The molecule has 4 N–H and O–H groups in total. The number of rotatable bonds is 9. The number of aliphatic hydroxyl groups is 2. The van der Waals surface area contributed by atoms with Crippen LogP contribution in [0.4, 0.5) is 0 Å². The van der Waals surface area contributed by atoms with Gasteiger partial charge in [0, 0.05) is 44.1 Å². The number of nitrogens with one attached hydrogen (secondary N) is 2. The van der Waals surface area contributed by atoms with Gasteiger partial charge in [-0.2, -0.15) is 0 Å². The number of hydrogen-bond donors (Lipinski definition) is 4. The Morgan fingerprint density at radius 2 is 1.78 bits per heavy atom. The van der Waals surface area contributed by atoms with Gasteiger partial charge in [-0.15, -0.1) is 0 Å². The maximum atomic E-state index is 14.2. The first kappa shape index (κ1) is 41.7. The van der Waals surface area contributed by atoms with Crippen LogP contribution in [0.15, 0.2) is 0 Å². The minimum absolute atomic E-state index is 0.0259. The molecule has 13 nitrogen and oxygen atoms in total. The molecule has 0 radical (unpaired) electrons. The lowest BCUT2D eigenvalue weighted by Gasteiger charge is -2.47. The van der Waals surface area contributed by atoms with E-state index < -0.39 is 65.0 Å². The Kier molecular flexibility index (Phi) is 14.3. The second kappa shape index (κ2) is 16.8. The van der Waals surface area contributed by atoms with Crippen molar-refractivity contribution in [3.05, 3.63) is 0 Å². The van der Waals surface area contributed by atoms with Gasteiger partial charge in [0.1, 0.15) is 18.1 Å². The van der Waals surface area contributed by atoms with E-state index in [0.29, 0.717) is 38.9 Å². The number of ether oxygens (including phenoxy) is 5. The van der Waals surface area contributed by atoms with E-state index in [1.165, 1.54) is 6.92 Å². The van der Waals surface area contributed by atoms with Crippen molar-refractivity contribution < 1.29 is 48.3 Å². The highest BCUT2D eigenvalue weighted by Crippen LogP contribution is 2.42. The van der Waals surface area contributed by atoms with Crippen LogP contribution >= 0.6 is 0 Å². The summed E-state index contributed by atoms with van der Waals surface area (Å²) in [7, 11) is 5.34. The fourth-order valence-electron chi connectivity index (χ4n) is 7.99. The molecule has 3 rings (SSSR count). The van der Waals surface area contributed by atoms with E-state index in [9.17, 15) is 24.6 Å². The van der Waals surface area contributed by atoms with E-state index in [4.69, 9.17) is 23.7 Å². The summed E-state index contributed by atoms with van der Waals surface area (Å²) < 4.78 is 31.1. The van der Waals surface area contributed by atoms with Gasteiger partial charge in [0.05, 0.1) is 29.8 Å². The number of fused-ring (bicyclic) bond motifs is 1. The normalized spacial score (nSPS) is 41.9. The van der Waals surface area contributed by atoms with Crippen LogP contribution in [0, 0.1) is 23.7 Å². The molecular weight excluding hydrogens is 634 g/mol. The third-order valence-corrected chi connectivity index (χ3v) is 11.0. The molecule has 5 unspecified atom stereocenters. The largest absolute Gasteiger partial charge is 0.458 e. The molecule has 0 amide bonds. The summed E-state index contributed by atoms with van der Waals surface area (Å²) in [5, 5.41) is 28.6. The molecule has 49 heavy (non-hydrogen) atoms. The number of likely N-dealkylation sites (N-methyl/N-ethyl adjacent to an activating group) is 1. The van der Waals surface area contributed by atoms with Crippen LogP contribution in [-0.4, -0.2) is 133 Å². The molecule has 3 aliphatic heterocycles. The van der Waals surface area contributed by atoms with Crippen molar-refractivity contribution in [1.29, 1.82) is 0 Å². The predicted octanol–water partition coefficient (Wildman–Crippen LogP) is 2.05. The topological polar surface area (TPSA) is 165 Å². The SMILES string of the molecule is CC[C@H]1OC(=O)C(C)C(=O)[C@H](C)[C@@H](OC2OC(CNCC(C)(C)O)CC(N(C)C)C2O)[C@](C)(OC)C[C@@H](C)CN[C@H](C)[C@H]2CC(=O)O[C@@]21C. The second-order valence-electron chi connectivity index (χ2n) is 16.1. The molecule has 0 aromatic heterocycles. The fourth-order valence-corrected chi connectivity index (χ4v) is 7.99. The van der Waals surface area contributed by atoms with Crippen molar-refractivity contribution >= 4 is 17.7 Å². The fraction of sp³-hybridized carbons (Fsp3) is 0.917. The van der Waals surface area contributed by atoms with Gasteiger partial charge in [0.2, 0.25) is 0 Å². The number of esters is 2. The standard InChI is InChI=1S/C36H65N3O10/c1-13-27-36(9)25(15-28(40)49-36)23(5)38-17-20(2)16-35(8,45-12)31(21(3)29(41)22(4)32(43)47-27)48-33-30(42)26(39(10)11)14-24(46-33)18-37-19-34(6,7)44/h20-27,30-31,33,37-38,42,44H,13-19H2,1-12H3/t20-,21+,22?,23-,24?,25-,26?,27-,30?,31-,33?,35-,36+/m1/s1. The lowest BCUT2D eigenvalue weighted by molar-refractivity contribution is -0.297. The zero-order valence-electron chi connectivity index (χ0n) is 31.9. The number of Topliss-reactive ketones (excluding diaryl/α,β-unsaturated/α-hetero) is 1. The zero-order valence-corrected chi connectivity index (χ0v) is 31.9. The Balaban J connectivity index is 2.00. The summed E-state index contributed by atoms with van der Waals surface area (Å²) in [6, 6.07) is -0.458. The van der Waals surface area contributed by atoms with E-state index in [-0.39, 0.29) is 42.4 Å². The number of methoxy groups -OCH3 is 1. The maximum Gasteiger partial charge on any atom is 0.316 e. The lowest BCUT2D eigenvalue weighted by Crippen LogP contribution is -2.60. The Hall–Kier alpha value is -1.71. The minimum atomic E-state index is -1.15. The molecule has 0 spiro atoms. The Morgan fingerprint density at radius 1 is 1.12 bits per heavy atom. The molecule has 3 saturated heterocycles. The average molecular weight is 700 g/mol. The molecule has 3 fully saturated rings. The van der Waals surface area contributed by atoms with Crippen LogP contribution in [0.5, 0.6) is 0 Å². The maximum absolute atomic E-state index is 14.2. The second-order valence-corrected chi connectivity index (χ2v) is 16.1. The van der Waals surface area contributed by atoms with E-state index >= 15 is 0 Å². The number of aliphatic hydroxyl groups excluding tert-OH is 1. The Morgan fingerprint density at radius 3 is 2.35 bits per heavy atom. The van der Waals surface area contributed by atoms with Gasteiger partial charge in [-0.3, -0.25) is 14.4 Å². The number of nitrogens with zero attached hydrogens (tertiary/aromatic N) is 1. The number of carbonyl (C=O) groups is 3. The summed E-state index contributed by atoms with van der Waals surface area (Å²) in [6.45, 7) is 17.7. The van der Waals surface area contributed by atoms with Crippen molar-refractivity contribution in [2.24, 2.45) is 23.7 Å². The van der Waals surface area contributed by atoms with Crippen LogP contribution in [0.3, 0.4) is 0 Å². The van der Waals surface area contributed by atoms with Crippen molar-refractivity contribution in [2.45, 2.75) is 148 Å². The number of hydrogen-bond acceptors (Lipinski definition) is 13. The molecular formula is C36H65N3O10. The molecule has 0 aromatic carbocycles. The van der Waals surface area contributed by atoms with Crippen molar-refractivity contribution in [2.75, 3.05) is 40.8 Å². The van der Waals surface area contributed by atoms with Crippen LogP contribution < -0.4 is 10.6 Å². The Bertz CT molecular complexity index is 1130. The molecule has 0 aliphatic carbocycles. The quantitative estimate of drug-likeness (QED) is 0.204. The van der Waals surface area contributed by atoms with E-state index in [1.807, 2.05) is 46.7 Å². The molecule has 3 heterocycles. The van der Waals surface area contributed by atoms with Crippen LogP contribution in [0.25, 0.3) is 0 Å². The van der Waals surface area contributed by atoms with Crippen molar-refractivity contribution in [3.8, 4) is 0 Å². The van der Waals surface area contributed by atoms with Crippen molar-refractivity contribution in [3.63, 3.8) is 0 Å². The van der Waals surface area contributed by atoms with Crippen LogP contribution in [-0.2, 0) is 38.1 Å². The van der Waals surface area contributed by atoms with Gasteiger partial charge in [0.15, 0.2) is 17.7 Å². The molecule has 13 heteroatoms. The third-order valence-electron chi connectivity index (χ3n) is 11.0. The summed E-state index contributed by atoms with van der Waals surface area (Å²) in [5.41, 5.74) is -3.02. The van der Waals surface area contributed by atoms with E-state index in [0.717, 1.165) is 0 Å². The van der Waals surface area contributed by atoms with Gasteiger partial charge in [0.25, 0.3) is 0 Å². The van der Waals surface area contributed by atoms with E-state index in [2.05, 4.69) is 17.6 Å². The molecule has 284 valence electrons. The highest BCUT2D eigenvalue weighted by atomic mass is 16.7. The van der Waals surface area contributed by atoms with Crippen LogP contribution in [0.1, 0.15) is 88.0 Å². The smallest absolute Gasteiger partial charge is 0.316 e. The minimum Gasteiger partial charge on any atom is -0.458 e. The molecule has 13 atom stereocenters. The molecule has 0 saturated carbocycles.